The zero-order chi connectivity index (χ0) is 13.1. The second-order valence-corrected chi connectivity index (χ2v) is 5.18. The predicted molar refractivity (Wildman–Crippen MR) is 68.0 cm³/mol. The van der Waals surface area contributed by atoms with E-state index in [1.54, 1.807) is 0 Å². The van der Waals surface area contributed by atoms with E-state index in [2.05, 4.69) is 12.2 Å². The summed E-state index contributed by atoms with van der Waals surface area (Å²) >= 11 is 0. The molecule has 1 aromatic rings. The zero-order valence-electron chi connectivity index (χ0n) is 10.6. The summed E-state index contributed by atoms with van der Waals surface area (Å²) in [5, 5.41) is 3.24. The van der Waals surface area contributed by atoms with Crippen LogP contribution in [0.25, 0.3) is 0 Å². The molecule has 0 radical (unpaired) electrons. The van der Waals surface area contributed by atoms with Gasteiger partial charge in [0.05, 0.1) is 0 Å². The largest absolute Gasteiger partial charge is 0.329 e. The van der Waals surface area contributed by atoms with E-state index >= 15 is 0 Å². The van der Waals surface area contributed by atoms with Crippen LogP contribution in [0.1, 0.15) is 31.4 Å². The minimum Gasteiger partial charge on any atom is -0.329 e. The van der Waals surface area contributed by atoms with Gasteiger partial charge in [-0.2, -0.15) is 0 Å². The number of hydrogen-bond donors (Lipinski definition) is 2. The van der Waals surface area contributed by atoms with E-state index in [0.29, 0.717) is 11.5 Å². The fraction of sp³-hybridized carbons (Fsp3) is 0.571. The minimum atomic E-state index is -0.429. The SMILES string of the molecule is CC(CNC(CN)c1cc(F)ccc1F)C1CC1. The van der Waals surface area contributed by atoms with Gasteiger partial charge in [-0.1, -0.05) is 6.92 Å². The molecule has 4 heteroatoms. The number of nitrogens with two attached hydrogens (primary N) is 1. The lowest BCUT2D eigenvalue weighted by atomic mass is 10.0. The van der Waals surface area contributed by atoms with E-state index in [0.717, 1.165) is 24.6 Å². The van der Waals surface area contributed by atoms with Crippen LogP contribution in [0.3, 0.4) is 0 Å². The lowest BCUT2D eigenvalue weighted by molar-refractivity contribution is 0.414. The summed E-state index contributed by atoms with van der Waals surface area (Å²) < 4.78 is 26.8. The van der Waals surface area contributed by atoms with Gasteiger partial charge in [0, 0.05) is 18.2 Å². The van der Waals surface area contributed by atoms with Crippen LogP contribution in [0.4, 0.5) is 8.78 Å². The Balaban J connectivity index is 2.00. The molecule has 2 nitrogen and oxygen atoms in total. The molecule has 1 aliphatic carbocycles. The van der Waals surface area contributed by atoms with E-state index in [9.17, 15) is 8.78 Å². The molecule has 2 atom stereocenters. The van der Waals surface area contributed by atoms with Crippen LogP contribution < -0.4 is 11.1 Å². The molecular weight excluding hydrogens is 234 g/mol. The highest BCUT2D eigenvalue weighted by atomic mass is 19.1. The van der Waals surface area contributed by atoms with E-state index in [-0.39, 0.29) is 12.6 Å². The number of nitrogens with one attached hydrogen (secondary N) is 1. The first-order valence-electron chi connectivity index (χ1n) is 6.50. The minimum absolute atomic E-state index is 0.262. The number of rotatable bonds is 6. The Bertz CT molecular complexity index is 405. The summed E-state index contributed by atoms with van der Waals surface area (Å²) in [5.74, 6) is 0.518. The molecular formula is C14H20F2N2. The summed E-state index contributed by atoms with van der Waals surface area (Å²) in [4.78, 5) is 0. The van der Waals surface area contributed by atoms with Gasteiger partial charge in [-0.25, -0.2) is 8.78 Å². The van der Waals surface area contributed by atoms with E-state index in [4.69, 9.17) is 5.73 Å². The number of benzene rings is 1. The molecule has 0 saturated heterocycles. The van der Waals surface area contributed by atoms with Crippen molar-refractivity contribution in [2.75, 3.05) is 13.1 Å². The first-order valence-corrected chi connectivity index (χ1v) is 6.50. The summed E-state index contributed by atoms with van der Waals surface area (Å²) in [6.07, 6.45) is 2.56. The molecule has 18 heavy (non-hydrogen) atoms. The molecule has 0 heterocycles. The van der Waals surface area contributed by atoms with Crippen molar-refractivity contribution in [3.8, 4) is 0 Å². The first-order chi connectivity index (χ1) is 8.61. The molecule has 0 aromatic heterocycles. The summed E-state index contributed by atoms with van der Waals surface area (Å²) in [6.45, 7) is 3.24. The number of halogens is 2. The summed E-state index contributed by atoms with van der Waals surface area (Å²) in [7, 11) is 0. The van der Waals surface area contributed by atoms with Gasteiger partial charge >= 0.3 is 0 Å². The predicted octanol–water partition coefficient (Wildman–Crippen LogP) is 2.60. The van der Waals surface area contributed by atoms with E-state index in [1.807, 2.05) is 0 Å². The van der Waals surface area contributed by atoms with Gasteiger partial charge in [-0.05, 0) is 49.4 Å². The highest BCUT2D eigenvalue weighted by Gasteiger charge is 2.28. The van der Waals surface area contributed by atoms with Crippen molar-refractivity contribution >= 4 is 0 Å². The molecule has 0 amide bonds. The topological polar surface area (TPSA) is 38.0 Å². The summed E-state index contributed by atoms with van der Waals surface area (Å²) in [6, 6.07) is 3.18. The Morgan fingerprint density at radius 1 is 1.39 bits per heavy atom. The van der Waals surface area contributed by atoms with Gasteiger partial charge < -0.3 is 11.1 Å². The quantitative estimate of drug-likeness (QED) is 0.819. The molecule has 2 unspecified atom stereocenters. The van der Waals surface area contributed by atoms with Crippen LogP contribution in [0.5, 0.6) is 0 Å². The third-order valence-electron chi connectivity index (χ3n) is 3.68. The van der Waals surface area contributed by atoms with Gasteiger partial charge in [0.1, 0.15) is 11.6 Å². The van der Waals surface area contributed by atoms with Crippen molar-refractivity contribution in [1.82, 2.24) is 5.32 Å². The van der Waals surface area contributed by atoms with Crippen LogP contribution in [-0.4, -0.2) is 13.1 Å². The average molecular weight is 254 g/mol. The number of hydrogen-bond acceptors (Lipinski definition) is 2. The average Bonchev–Trinajstić information content (AvgIpc) is 3.18. The molecule has 1 fully saturated rings. The normalized spacial score (nSPS) is 18.7. The maximum atomic E-state index is 13.6. The van der Waals surface area contributed by atoms with Crippen LogP contribution in [0.2, 0.25) is 0 Å². The van der Waals surface area contributed by atoms with Crippen LogP contribution in [-0.2, 0) is 0 Å². The third-order valence-corrected chi connectivity index (χ3v) is 3.68. The van der Waals surface area contributed by atoms with Crippen molar-refractivity contribution in [1.29, 1.82) is 0 Å². The van der Waals surface area contributed by atoms with Gasteiger partial charge in [0.2, 0.25) is 0 Å². The maximum Gasteiger partial charge on any atom is 0.128 e. The smallest absolute Gasteiger partial charge is 0.128 e. The van der Waals surface area contributed by atoms with Crippen molar-refractivity contribution in [2.45, 2.75) is 25.8 Å². The Kier molecular flexibility index (Phi) is 4.30. The van der Waals surface area contributed by atoms with Crippen molar-refractivity contribution in [3.05, 3.63) is 35.4 Å². The van der Waals surface area contributed by atoms with Crippen LogP contribution in [0, 0.1) is 23.5 Å². The van der Waals surface area contributed by atoms with E-state index < -0.39 is 11.6 Å². The highest BCUT2D eigenvalue weighted by Crippen LogP contribution is 2.36. The molecule has 1 saturated carbocycles. The van der Waals surface area contributed by atoms with Crippen LogP contribution in [0.15, 0.2) is 18.2 Å². The lowest BCUT2D eigenvalue weighted by Gasteiger charge is -2.20. The molecule has 0 aliphatic heterocycles. The third kappa shape index (κ3) is 3.27. The Morgan fingerprint density at radius 3 is 2.72 bits per heavy atom. The van der Waals surface area contributed by atoms with Crippen molar-refractivity contribution in [2.24, 2.45) is 17.6 Å². The highest BCUT2D eigenvalue weighted by molar-refractivity contribution is 5.22. The Hall–Kier alpha value is -1.00. The van der Waals surface area contributed by atoms with Crippen LogP contribution >= 0.6 is 0 Å². The zero-order valence-corrected chi connectivity index (χ0v) is 10.6. The standard InChI is InChI=1S/C14H20F2N2/c1-9(10-2-3-10)8-18-14(7-17)12-6-11(15)4-5-13(12)16/h4-6,9-10,14,18H,2-3,7-8,17H2,1H3. The summed E-state index contributed by atoms with van der Waals surface area (Å²) in [5.41, 5.74) is 5.97. The molecule has 0 bridgehead atoms. The monoisotopic (exact) mass is 254 g/mol. The molecule has 0 spiro atoms. The van der Waals surface area contributed by atoms with Gasteiger partial charge in [0.15, 0.2) is 0 Å². The molecule has 3 N–H and O–H groups in total. The Morgan fingerprint density at radius 2 is 2.11 bits per heavy atom. The second-order valence-electron chi connectivity index (χ2n) is 5.18. The molecule has 1 aromatic carbocycles. The second kappa shape index (κ2) is 5.76. The lowest BCUT2D eigenvalue weighted by Crippen LogP contribution is -2.32. The van der Waals surface area contributed by atoms with Gasteiger partial charge in [0.25, 0.3) is 0 Å². The van der Waals surface area contributed by atoms with E-state index in [1.165, 1.54) is 18.9 Å². The van der Waals surface area contributed by atoms with Crippen molar-refractivity contribution < 1.29 is 8.78 Å². The Labute approximate surface area is 107 Å². The maximum absolute atomic E-state index is 13.6. The molecule has 100 valence electrons. The van der Waals surface area contributed by atoms with Gasteiger partial charge in [-0.15, -0.1) is 0 Å². The molecule has 1 aliphatic rings. The first kappa shape index (κ1) is 13.4. The van der Waals surface area contributed by atoms with Gasteiger partial charge in [-0.3, -0.25) is 0 Å². The fourth-order valence-electron chi connectivity index (χ4n) is 2.26. The fourth-order valence-corrected chi connectivity index (χ4v) is 2.26. The molecule has 2 rings (SSSR count). The van der Waals surface area contributed by atoms with Crippen molar-refractivity contribution in [3.63, 3.8) is 0 Å².